The fraction of sp³-hybridized carbons (Fsp3) is 0.222. The van der Waals surface area contributed by atoms with Crippen LogP contribution in [0.3, 0.4) is 0 Å². The van der Waals surface area contributed by atoms with Crippen molar-refractivity contribution in [2.75, 3.05) is 20.2 Å². The quantitative estimate of drug-likeness (QED) is 0.392. The molecule has 1 aliphatic rings. The molecule has 8 nitrogen and oxygen atoms in total. The van der Waals surface area contributed by atoms with E-state index in [2.05, 4.69) is 11.6 Å². The van der Waals surface area contributed by atoms with Gasteiger partial charge in [0.15, 0.2) is 0 Å². The summed E-state index contributed by atoms with van der Waals surface area (Å²) in [6.45, 7) is 4.74. The van der Waals surface area contributed by atoms with Gasteiger partial charge < -0.3 is 14.4 Å². The molecule has 0 spiro atoms. The Kier molecular flexibility index (Phi) is 6.10. The molecule has 5 rings (SSSR count). The van der Waals surface area contributed by atoms with Crippen LogP contribution in [0.15, 0.2) is 84.4 Å². The van der Waals surface area contributed by atoms with E-state index in [1.165, 1.54) is 6.08 Å². The number of hydrogen-bond acceptors (Lipinski definition) is 5. The van der Waals surface area contributed by atoms with E-state index in [0.29, 0.717) is 41.5 Å². The zero-order valence-corrected chi connectivity index (χ0v) is 19.5. The number of benzene rings is 2. The summed E-state index contributed by atoms with van der Waals surface area (Å²) in [4.78, 5) is 31.9. The monoisotopic (exact) mass is 470 g/mol. The molecular weight excluding hydrogens is 444 g/mol. The Bertz CT molecular complexity index is 1440. The molecule has 3 heterocycles. The first-order valence-corrected chi connectivity index (χ1v) is 11.5. The zero-order chi connectivity index (χ0) is 24.4. The molecule has 0 saturated carbocycles. The van der Waals surface area contributed by atoms with Crippen LogP contribution >= 0.6 is 0 Å². The van der Waals surface area contributed by atoms with E-state index in [1.807, 2.05) is 54.6 Å². The summed E-state index contributed by atoms with van der Waals surface area (Å²) < 4.78 is 14.6. The van der Waals surface area contributed by atoms with Gasteiger partial charge in [0.25, 0.3) is 0 Å². The number of ether oxygens (including phenoxy) is 2. The lowest BCUT2D eigenvalue weighted by Gasteiger charge is -2.32. The van der Waals surface area contributed by atoms with Crippen molar-refractivity contribution in [2.24, 2.45) is 0 Å². The summed E-state index contributed by atoms with van der Waals surface area (Å²) in [6.07, 6.45) is 6.35. The van der Waals surface area contributed by atoms with Crippen LogP contribution in [0, 0.1) is 0 Å². The van der Waals surface area contributed by atoms with Crippen molar-refractivity contribution in [1.82, 2.24) is 19.0 Å². The number of likely N-dealkylation sites (tertiary alicyclic amines) is 1. The van der Waals surface area contributed by atoms with Gasteiger partial charge in [-0.15, -0.1) is 0 Å². The number of rotatable bonds is 6. The minimum absolute atomic E-state index is 0.111. The smallest absolute Gasteiger partial charge is 0.334 e. The molecule has 8 heteroatoms. The third kappa shape index (κ3) is 4.30. The van der Waals surface area contributed by atoms with Gasteiger partial charge in [0.05, 0.1) is 36.1 Å². The molecule has 1 fully saturated rings. The second kappa shape index (κ2) is 9.50. The van der Waals surface area contributed by atoms with Crippen LogP contribution < -0.4 is 15.2 Å². The first-order chi connectivity index (χ1) is 17.1. The Labute approximate surface area is 202 Å². The minimum atomic E-state index is -0.160. The number of methoxy groups -OCH3 is 1. The largest absolute Gasteiger partial charge is 0.497 e. The van der Waals surface area contributed by atoms with Gasteiger partial charge in [-0.25, -0.2) is 4.79 Å². The number of pyridine rings is 1. The Morgan fingerprint density at radius 1 is 1.09 bits per heavy atom. The van der Waals surface area contributed by atoms with E-state index in [0.717, 1.165) is 18.4 Å². The molecule has 0 bridgehead atoms. The van der Waals surface area contributed by atoms with Crippen LogP contribution in [0.25, 0.3) is 16.7 Å². The molecule has 0 N–H and O–H groups in total. The van der Waals surface area contributed by atoms with Crippen molar-refractivity contribution in [1.29, 1.82) is 0 Å². The molecule has 1 aliphatic heterocycles. The third-order valence-corrected chi connectivity index (χ3v) is 6.30. The summed E-state index contributed by atoms with van der Waals surface area (Å²) in [5.41, 5.74) is 2.05. The van der Waals surface area contributed by atoms with Gasteiger partial charge in [-0.3, -0.25) is 18.9 Å². The van der Waals surface area contributed by atoms with Gasteiger partial charge in [-0.1, -0.05) is 12.6 Å². The topological polar surface area (TPSA) is 78.6 Å². The van der Waals surface area contributed by atoms with Crippen molar-refractivity contribution in [2.45, 2.75) is 18.9 Å². The SMILES string of the molecule is C=CC(=O)N1CCCC(n2c(=O)n(-c3ccc(Oc4cccc(OC)c4)cc3)c3cnccc32)C1. The fourth-order valence-corrected chi connectivity index (χ4v) is 4.63. The van der Waals surface area contributed by atoms with Gasteiger partial charge in [-0.2, -0.15) is 0 Å². The van der Waals surface area contributed by atoms with Crippen LogP contribution in [-0.2, 0) is 4.79 Å². The molecule has 1 unspecified atom stereocenters. The number of imidazole rings is 1. The fourth-order valence-electron chi connectivity index (χ4n) is 4.63. The number of fused-ring (bicyclic) bond motifs is 1. The molecule has 0 radical (unpaired) electrons. The summed E-state index contributed by atoms with van der Waals surface area (Å²) in [5.74, 6) is 1.90. The summed E-state index contributed by atoms with van der Waals surface area (Å²) in [7, 11) is 1.61. The predicted octanol–water partition coefficient (Wildman–Crippen LogP) is 4.34. The average Bonchev–Trinajstić information content (AvgIpc) is 3.20. The Morgan fingerprint density at radius 2 is 1.89 bits per heavy atom. The molecule has 0 aliphatic carbocycles. The van der Waals surface area contributed by atoms with Gasteiger partial charge in [0.1, 0.15) is 17.2 Å². The molecule has 35 heavy (non-hydrogen) atoms. The lowest BCUT2D eigenvalue weighted by Crippen LogP contribution is -2.42. The van der Waals surface area contributed by atoms with E-state index in [1.54, 1.807) is 33.5 Å². The first-order valence-electron chi connectivity index (χ1n) is 11.5. The average molecular weight is 471 g/mol. The normalized spacial score (nSPS) is 15.7. The summed E-state index contributed by atoms with van der Waals surface area (Å²) in [6, 6.07) is 16.4. The number of aromatic nitrogens is 3. The molecular formula is C27H26N4O4. The molecule has 1 amide bonds. The molecule has 2 aromatic carbocycles. The third-order valence-electron chi connectivity index (χ3n) is 6.30. The minimum Gasteiger partial charge on any atom is -0.497 e. The molecule has 2 aromatic heterocycles. The van der Waals surface area contributed by atoms with Crippen molar-refractivity contribution < 1.29 is 14.3 Å². The lowest BCUT2D eigenvalue weighted by atomic mass is 10.1. The van der Waals surface area contributed by atoms with Crippen LogP contribution in [0.1, 0.15) is 18.9 Å². The Morgan fingerprint density at radius 3 is 2.66 bits per heavy atom. The maximum atomic E-state index is 13.7. The van der Waals surface area contributed by atoms with Crippen LogP contribution in [0.5, 0.6) is 17.2 Å². The molecule has 1 saturated heterocycles. The number of carbonyl (C=O) groups is 1. The molecule has 178 valence electrons. The van der Waals surface area contributed by atoms with Crippen molar-refractivity contribution in [3.05, 3.63) is 90.1 Å². The van der Waals surface area contributed by atoms with Crippen molar-refractivity contribution in [3.8, 4) is 22.9 Å². The highest BCUT2D eigenvalue weighted by atomic mass is 16.5. The zero-order valence-electron chi connectivity index (χ0n) is 19.5. The second-order valence-corrected chi connectivity index (χ2v) is 8.41. The van der Waals surface area contributed by atoms with E-state index < -0.39 is 0 Å². The highest BCUT2D eigenvalue weighted by Crippen LogP contribution is 2.28. The number of amides is 1. The van der Waals surface area contributed by atoms with Crippen LogP contribution in [-0.4, -0.2) is 45.1 Å². The van der Waals surface area contributed by atoms with E-state index in [4.69, 9.17) is 9.47 Å². The van der Waals surface area contributed by atoms with Crippen LogP contribution in [0.4, 0.5) is 0 Å². The van der Waals surface area contributed by atoms with Crippen molar-refractivity contribution in [3.63, 3.8) is 0 Å². The number of carbonyl (C=O) groups excluding carboxylic acids is 1. The molecule has 4 aromatic rings. The van der Waals surface area contributed by atoms with Crippen molar-refractivity contribution >= 4 is 16.9 Å². The molecule has 1 atom stereocenters. The Hall–Kier alpha value is -4.33. The van der Waals surface area contributed by atoms with E-state index >= 15 is 0 Å². The lowest BCUT2D eigenvalue weighted by molar-refractivity contribution is -0.127. The number of nitrogens with zero attached hydrogens (tertiary/aromatic N) is 4. The summed E-state index contributed by atoms with van der Waals surface area (Å²) >= 11 is 0. The maximum Gasteiger partial charge on any atom is 0.334 e. The van der Waals surface area contributed by atoms with E-state index in [-0.39, 0.29) is 17.6 Å². The number of hydrogen-bond donors (Lipinski definition) is 0. The Balaban J connectivity index is 1.49. The van der Waals surface area contributed by atoms with E-state index in [9.17, 15) is 9.59 Å². The predicted molar refractivity (Wildman–Crippen MR) is 133 cm³/mol. The first kappa shape index (κ1) is 22.5. The van der Waals surface area contributed by atoms with Gasteiger partial charge in [-0.05, 0) is 61.4 Å². The maximum absolute atomic E-state index is 13.7. The highest BCUT2D eigenvalue weighted by molar-refractivity contribution is 5.87. The van der Waals surface area contributed by atoms with Gasteiger partial charge in [0, 0.05) is 25.4 Å². The van der Waals surface area contributed by atoms with Crippen LogP contribution in [0.2, 0.25) is 0 Å². The highest BCUT2D eigenvalue weighted by Gasteiger charge is 2.27. The number of piperidine rings is 1. The standard InChI is InChI=1S/C27H26N4O4/c1-3-26(32)29-15-5-6-20(18-29)31-24-13-14-28-17-25(24)30(27(31)33)19-9-11-21(12-10-19)35-23-8-4-7-22(16-23)34-2/h3-4,7-14,16-17,20H,1,5-6,15,18H2,2H3. The summed E-state index contributed by atoms with van der Waals surface area (Å²) in [5, 5.41) is 0. The second-order valence-electron chi connectivity index (χ2n) is 8.41. The van der Waals surface area contributed by atoms with Gasteiger partial charge >= 0.3 is 5.69 Å². The van der Waals surface area contributed by atoms with Gasteiger partial charge in [0.2, 0.25) is 5.91 Å².